The van der Waals surface area contributed by atoms with E-state index < -0.39 is 16.1 Å². The summed E-state index contributed by atoms with van der Waals surface area (Å²) in [6.45, 7) is 5.03. The van der Waals surface area contributed by atoms with Gasteiger partial charge in [-0.15, -0.1) is 0 Å². The smallest absolute Gasteiger partial charge is 0.180 e. The van der Waals surface area contributed by atoms with Crippen LogP contribution in [0.25, 0.3) is 44.5 Å². The molecule has 0 amide bonds. The predicted molar refractivity (Wildman–Crippen MR) is 280 cm³/mol. The van der Waals surface area contributed by atoms with Gasteiger partial charge in [-0.05, 0) is 93.3 Å². The van der Waals surface area contributed by atoms with Crippen molar-refractivity contribution in [3.05, 3.63) is 253 Å². The van der Waals surface area contributed by atoms with Crippen molar-refractivity contribution in [1.29, 1.82) is 0 Å². The highest BCUT2D eigenvalue weighted by Gasteiger charge is 2.49. The Morgan fingerprint density at radius 2 is 0.923 bits per heavy atom. The number of hydrogen-bond donors (Lipinski definition) is 0. The number of allylic oxidation sites excluding steroid dienone is 1. The molecule has 0 fully saturated rings. The van der Waals surface area contributed by atoms with Gasteiger partial charge < -0.3 is 0 Å². The van der Waals surface area contributed by atoms with Crippen LogP contribution < -0.4 is 31.1 Å². The number of benzene rings is 9. The average molecular weight is 863 g/mol. The van der Waals surface area contributed by atoms with E-state index in [-0.39, 0.29) is 6.04 Å². The third kappa shape index (κ3) is 6.20. The molecular weight excluding hydrogens is 817 g/mol. The van der Waals surface area contributed by atoms with Crippen LogP contribution in [0.5, 0.6) is 0 Å². The van der Waals surface area contributed by atoms with Gasteiger partial charge in [0.05, 0.1) is 11.8 Å². The van der Waals surface area contributed by atoms with E-state index >= 15 is 0 Å². The van der Waals surface area contributed by atoms with Crippen LogP contribution in [-0.4, -0.2) is 27.7 Å². The van der Waals surface area contributed by atoms with Gasteiger partial charge in [-0.1, -0.05) is 238 Å². The van der Waals surface area contributed by atoms with Crippen LogP contribution in [0.4, 0.5) is 0 Å². The molecule has 12 rings (SSSR count). The van der Waals surface area contributed by atoms with Crippen molar-refractivity contribution in [1.82, 2.24) is 0 Å². The summed E-state index contributed by atoms with van der Waals surface area (Å²) in [7, 11) is -4.92. The first-order chi connectivity index (χ1) is 32.0. The topological polar surface area (TPSA) is 24.7 Å². The Kier molecular flexibility index (Phi) is 9.41. The molecule has 9 aromatic carbocycles. The second-order valence-corrected chi connectivity index (χ2v) is 26.0. The van der Waals surface area contributed by atoms with Gasteiger partial charge in [0, 0.05) is 11.1 Å². The van der Waals surface area contributed by atoms with Crippen LogP contribution in [0.2, 0.25) is 13.1 Å². The van der Waals surface area contributed by atoms with Gasteiger partial charge in [-0.2, -0.15) is 0 Å². The van der Waals surface area contributed by atoms with Crippen LogP contribution >= 0.6 is 0 Å². The highest BCUT2D eigenvalue weighted by atomic mass is 28.3. The fourth-order valence-corrected chi connectivity index (χ4v) is 19.9. The molecule has 0 aliphatic carbocycles. The molecule has 65 heavy (non-hydrogen) atoms. The van der Waals surface area contributed by atoms with E-state index in [0.29, 0.717) is 0 Å². The van der Waals surface area contributed by atoms with Gasteiger partial charge >= 0.3 is 0 Å². The van der Waals surface area contributed by atoms with E-state index in [0.717, 1.165) is 33.8 Å². The third-order valence-corrected chi connectivity index (χ3v) is 22.5. The molecule has 0 saturated heterocycles. The zero-order valence-corrected chi connectivity index (χ0v) is 38.5. The molecule has 0 radical (unpaired) electrons. The Balaban J connectivity index is 1.12. The van der Waals surface area contributed by atoms with Gasteiger partial charge in [0.1, 0.15) is 8.07 Å². The molecule has 3 aliphatic rings. The monoisotopic (exact) mass is 862 g/mol. The maximum Gasteiger partial charge on any atom is 0.180 e. The number of rotatable bonds is 7. The largest absolute Gasteiger partial charge is 0.254 e. The zero-order chi connectivity index (χ0) is 43.5. The standard InChI is InChI=1S/C61H46N2Si2/c1-64(2)56-34-20-18-32-47(56)49-36-37-50(59(60(49)64)43-24-10-4-11-25-43)54-38-39-55(63-61(62-54)44-26-12-5-13-27-44)52-41-58-53(40-51(52)42-22-8-3-9-23-42)48-33-19-21-35-57(48)65(58,45-28-14-6-15-29-45)46-30-16-7-17-31-46/h3-41,54H,1-2H3. The van der Waals surface area contributed by atoms with E-state index in [1.54, 1.807) is 0 Å². The Bertz CT molecular complexity index is 3340. The minimum Gasteiger partial charge on any atom is -0.254 e. The van der Waals surface area contributed by atoms with Crippen LogP contribution in [0.1, 0.15) is 22.7 Å². The van der Waals surface area contributed by atoms with Crippen molar-refractivity contribution in [2.75, 3.05) is 0 Å². The highest BCUT2D eigenvalue weighted by molar-refractivity contribution is 7.22. The van der Waals surface area contributed by atoms with Gasteiger partial charge in [-0.3, -0.25) is 4.99 Å². The summed E-state index contributed by atoms with van der Waals surface area (Å²) in [6, 6.07) is 82.6. The second-order valence-electron chi connectivity index (χ2n) is 17.9. The molecule has 4 heteroatoms. The minimum absolute atomic E-state index is 0.290. The van der Waals surface area contributed by atoms with E-state index in [9.17, 15) is 0 Å². The summed E-state index contributed by atoms with van der Waals surface area (Å²) < 4.78 is 0. The number of amidine groups is 1. The first kappa shape index (κ1) is 39.1. The highest BCUT2D eigenvalue weighted by Crippen LogP contribution is 2.40. The molecule has 0 N–H and O–H groups in total. The molecule has 3 heterocycles. The summed E-state index contributed by atoms with van der Waals surface area (Å²) in [6.07, 6.45) is 4.59. The van der Waals surface area contributed by atoms with Crippen LogP contribution in [0, 0.1) is 0 Å². The molecule has 3 aliphatic heterocycles. The van der Waals surface area contributed by atoms with E-state index in [2.05, 4.69) is 250 Å². The van der Waals surface area contributed by atoms with Gasteiger partial charge in [0.25, 0.3) is 0 Å². The molecule has 0 spiro atoms. The lowest BCUT2D eigenvalue weighted by Crippen LogP contribution is -2.72. The molecular formula is C61H46N2Si2. The first-order valence-electron chi connectivity index (χ1n) is 22.7. The molecule has 0 saturated carbocycles. The molecule has 9 aromatic rings. The second kappa shape index (κ2) is 15.6. The van der Waals surface area contributed by atoms with Crippen molar-refractivity contribution in [3.8, 4) is 44.5 Å². The average Bonchev–Trinajstić information content (AvgIpc) is 3.66. The van der Waals surface area contributed by atoms with Crippen molar-refractivity contribution in [2.45, 2.75) is 19.1 Å². The van der Waals surface area contributed by atoms with Crippen LogP contribution in [0.15, 0.2) is 247 Å². The summed E-state index contributed by atoms with van der Waals surface area (Å²) in [4.78, 5) is 11.4. The maximum atomic E-state index is 5.70. The number of hydrogen-bond acceptors (Lipinski definition) is 2. The Morgan fingerprint density at radius 3 is 1.55 bits per heavy atom. The van der Waals surface area contributed by atoms with Crippen molar-refractivity contribution < 1.29 is 0 Å². The Hall–Kier alpha value is -7.51. The summed E-state index contributed by atoms with van der Waals surface area (Å²) in [5.41, 5.74) is 14.4. The molecule has 308 valence electrons. The lowest BCUT2D eigenvalue weighted by Gasteiger charge is -2.31. The number of aliphatic imine (C=N–C) groups is 2. The Morgan fingerprint density at radius 1 is 0.400 bits per heavy atom. The Labute approximate surface area is 383 Å². The lowest BCUT2D eigenvalue weighted by atomic mass is 9.90. The maximum absolute atomic E-state index is 5.70. The molecule has 0 aromatic heterocycles. The molecule has 2 nitrogen and oxygen atoms in total. The quantitative estimate of drug-likeness (QED) is 0.143. The van der Waals surface area contributed by atoms with E-state index in [1.807, 2.05) is 0 Å². The van der Waals surface area contributed by atoms with Crippen molar-refractivity contribution in [2.24, 2.45) is 9.98 Å². The van der Waals surface area contributed by atoms with Gasteiger partial charge in [0.2, 0.25) is 0 Å². The fourth-order valence-electron chi connectivity index (χ4n) is 11.2. The van der Waals surface area contributed by atoms with E-state index in [1.165, 1.54) is 70.1 Å². The zero-order valence-electron chi connectivity index (χ0n) is 36.5. The predicted octanol–water partition coefficient (Wildman–Crippen LogP) is 10.7. The summed E-state index contributed by atoms with van der Waals surface area (Å²) in [5, 5.41) is 8.55. The minimum atomic E-state index is -2.81. The first-order valence-corrected chi connectivity index (χ1v) is 27.7. The van der Waals surface area contributed by atoms with Crippen molar-refractivity contribution in [3.63, 3.8) is 0 Å². The van der Waals surface area contributed by atoms with Crippen LogP contribution in [-0.2, 0) is 0 Å². The lowest BCUT2D eigenvalue weighted by molar-refractivity contribution is 0.917. The van der Waals surface area contributed by atoms with Gasteiger partial charge in [-0.25, -0.2) is 4.99 Å². The third-order valence-electron chi connectivity index (χ3n) is 14.0. The van der Waals surface area contributed by atoms with Gasteiger partial charge in [0.15, 0.2) is 13.9 Å². The normalized spacial score (nSPS) is 16.1. The van der Waals surface area contributed by atoms with E-state index in [4.69, 9.17) is 9.98 Å². The number of fused-ring (bicyclic) bond motifs is 6. The fraction of sp³-hybridized carbons (Fsp3) is 0.0492. The van der Waals surface area contributed by atoms with Crippen molar-refractivity contribution >= 4 is 58.8 Å². The molecule has 1 unspecified atom stereocenters. The summed E-state index contributed by atoms with van der Waals surface area (Å²) >= 11 is 0. The molecule has 1 atom stereocenters. The summed E-state index contributed by atoms with van der Waals surface area (Å²) in [5.74, 6) is 0.729. The SMILES string of the molecule is C[Si]1(C)c2ccccc2-c2ccc(C3C=CC(c4cc5c(cc4-c4ccccc4)-c4ccccc4[Si]5(c4ccccc4)c4ccccc4)=NC(c4ccccc4)=N3)c(-c3ccccc3)c21. The molecule has 0 bridgehead atoms. The number of nitrogens with zero attached hydrogens (tertiary/aromatic N) is 2. The van der Waals surface area contributed by atoms with Crippen LogP contribution in [0.3, 0.4) is 0 Å².